The van der Waals surface area contributed by atoms with Crippen molar-refractivity contribution in [3.8, 4) is 0 Å². The summed E-state index contributed by atoms with van der Waals surface area (Å²) >= 11 is 0. The fourth-order valence-electron chi connectivity index (χ4n) is 2.77. The van der Waals surface area contributed by atoms with E-state index in [1.54, 1.807) is 0 Å². The standard InChI is InChI=1S/C16H24F2N2O/c1-16(2)12-20(8-9-21-11-15(17)18)14(10-19-16)13-6-4-3-5-7-13/h3-7,14-15,19H,8-12H2,1-2H3. The second-order valence-corrected chi connectivity index (χ2v) is 6.13. The highest BCUT2D eigenvalue weighted by atomic mass is 19.3. The minimum absolute atomic E-state index is 0.0218. The average molecular weight is 298 g/mol. The maximum Gasteiger partial charge on any atom is 0.261 e. The summed E-state index contributed by atoms with van der Waals surface area (Å²) in [5.74, 6) is 0. The lowest BCUT2D eigenvalue weighted by molar-refractivity contribution is -0.00285. The van der Waals surface area contributed by atoms with Crippen molar-refractivity contribution < 1.29 is 13.5 Å². The van der Waals surface area contributed by atoms with Crippen LogP contribution in [0.3, 0.4) is 0 Å². The summed E-state index contributed by atoms with van der Waals surface area (Å²) in [6.07, 6.45) is -2.39. The molecule has 0 spiro atoms. The third-order valence-corrected chi connectivity index (χ3v) is 3.76. The van der Waals surface area contributed by atoms with Gasteiger partial charge >= 0.3 is 0 Å². The second kappa shape index (κ2) is 7.29. The van der Waals surface area contributed by atoms with E-state index >= 15 is 0 Å². The van der Waals surface area contributed by atoms with Crippen LogP contribution in [0.25, 0.3) is 0 Å². The van der Waals surface area contributed by atoms with Crippen LogP contribution in [0.5, 0.6) is 0 Å². The Hall–Kier alpha value is -1.04. The van der Waals surface area contributed by atoms with Crippen LogP contribution in [0.4, 0.5) is 8.78 Å². The Morgan fingerprint density at radius 2 is 2.05 bits per heavy atom. The highest BCUT2D eigenvalue weighted by molar-refractivity contribution is 5.20. The topological polar surface area (TPSA) is 24.5 Å². The van der Waals surface area contributed by atoms with Gasteiger partial charge in [0.05, 0.1) is 6.61 Å². The Morgan fingerprint density at radius 3 is 2.71 bits per heavy atom. The summed E-state index contributed by atoms with van der Waals surface area (Å²) in [4.78, 5) is 2.32. The maximum atomic E-state index is 12.1. The van der Waals surface area contributed by atoms with Gasteiger partial charge in [0.15, 0.2) is 0 Å². The number of piperazine rings is 1. The van der Waals surface area contributed by atoms with Crippen LogP contribution >= 0.6 is 0 Å². The van der Waals surface area contributed by atoms with E-state index in [0.29, 0.717) is 13.2 Å². The molecule has 0 saturated carbocycles. The zero-order chi connectivity index (χ0) is 15.3. The summed E-state index contributed by atoms with van der Waals surface area (Å²) in [6, 6.07) is 10.5. The first kappa shape index (κ1) is 16.3. The van der Waals surface area contributed by atoms with Crippen LogP contribution in [0, 0.1) is 0 Å². The van der Waals surface area contributed by atoms with E-state index in [0.717, 1.165) is 13.1 Å². The Morgan fingerprint density at radius 1 is 1.33 bits per heavy atom. The zero-order valence-corrected chi connectivity index (χ0v) is 12.7. The van der Waals surface area contributed by atoms with Crippen LogP contribution < -0.4 is 5.32 Å². The number of benzene rings is 1. The highest BCUT2D eigenvalue weighted by Crippen LogP contribution is 2.26. The molecule has 3 nitrogen and oxygen atoms in total. The molecule has 1 unspecified atom stereocenters. The molecule has 1 aromatic rings. The average Bonchev–Trinajstić information content (AvgIpc) is 2.44. The fourth-order valence-corrected chi connectivity index (χ4v) is 2.77. The van der Waals surface area contributed by atoms with E-state index in [4.69, 9.17) is 4.74 Å². The molecule has 2 rings (SSSR count). The molecule has 1 saturated heterocycles. The Labute approximate surface area is 125 Å². The molecule has 1 fully saturated rings. The van der Waals surface area contributed by atoms with Crippen molar-refractivity contribution in [3.05, 3.63) is 35.9 Å². The van der Waals surface area contributed by atoms with Crippen LogP contribution in [-0.2, 0) is 4.74 Å². The van der Waals surface area contributed by atoms with Crippen LogP contribution in [-0.4, -0.2) is 49.7 Å². The van der Waals surface area contributed by atoms with Crippen molar-refractivity contribution in [2.24, 2.45) is 0 Å². The van der Waals surface area contributed by atoms with Crippen LogP contribution in [0.2, 0.25) is 0 Å². The van der Waals surface area contributed by atoms with Gasteiger partial charge in [-0.15, -0.1) is 0 Å². The zero-order valence-electron chi connectivity index (χ0n) is 12.7. The molecule has 1 heterocycles. The molecule has 0 aromatic heterocycles. The maximum absolute atomic E-state index is 12.1. The normalized spacial score (nSPS) is 22.6. The molecule has 0 amide bonds. The molecular weight excluding hydrogens is 274 g/mol. The Bertz CT molecular complexity index is 426. The molecule has 21 heavy (non-hydrogen) atoms. The van der Waals surface area contributed by atoms with Gasteiger partial charge in [-0.25, -0.2) is 8.78 Å². The Balaban J connectivity index is 1.97. The molecule has 1 atom stereocenters. The van der Waals surface area contributed by atoms with Gasteiger partial charge in [0.2, 0.25) is 0 Å². The van der Waals surface area contributed by atoms with Gasteiger partial charge in [-0.2, -0.15) is 0 Å². The molecule has 1 aliphatic rings. The van der Waals surface area contributed by atoms with Gasteiger partial charge in [-0.3, -0.25) is 4.90 Å². The minimum atomic E-state index is -2.39. The SMILES string of the molecule is CC1(C)CN(CCOCC(F)F)C(c2ccccc2)CN1. The molecule has 0 radical (unpaired) electrons. The molecule has 5 heteroatoms. The number of nitrogens with one attached hydrogen (secondary N) is 1. The van der Waals surface area contributed by atoms with Crippen molar-refractivity contribution in [1.82, 2.24) is 10.2 Å². The van der Waals surface area contributed by atoms with Crippen molar-refractivity contribution in [2.75, 3.05) is 32.8 Å². The molecule has 1 N–H and O–H groups in total. The van der Waals surface area contributed by atoms with Gasteiger partial charge in [0, 0.05) is 31.2 Å². The predicted octanol–water partition coefficient (Wildman–Crippen LogP) is 2.69. The van der Waals surface area contributed by atoms with Crippen molar-refractivity contribution in [1.29, 1.82) is 0 Å². The number of halogens is 2. The summed E-state index contributed by atoms with van der Waals surface area (Å²) in [5, 5.41) is 3.54. The first-order valence-corrected chi connectivity index (χ1v) is 7.38. The first-order chi connectivity index (χ1) is 9.98. The fraction of sp³-hybridized carbons (Fsp3) is 0.625. The van der Waals surface area contributed by atoms with E-state index in [2.05, 4.69) is 36.2 Å². The van der Waals surface area contributed by atoms with Gasteiger partial charge in [0.1, 0.15) is 6.61 Å². The number of nitrogens with zero attached hydrogens (tertiary/aromatic N) is 1. The summed E-state index contributed by atoms with van der Waals surface area (Å²) in [6.45, 7) is 6.55. The third-order valence-electron chi connectivity index (χ3n) is 3.76. The van der Waals surface area contributed by atoms with Gasteiger partial charge in [-0.1, -0.05) is 30.3 Å². The van der Waals surface area contributed by atoms with Crippen molar-refractivity contribution in [3.63, 3.8) is 0 Å². The van der Waals surface area contributed by atoms with E-state index in [1.165, 1.54) is 5.56 Å². The van der Waals surface area contributed by atoms with Crippen LogP contribution in [0.15, 0.2) is 30.3 Å². The number of hydrogen-bond donors (Lipinski definition) is 1. The third kappa shape index (κ3) is 5.02. The van der Waals surface area contributed by atoms with E-state index in [-0.39, 0.29) is 11.6 Å². The first-order valence-electron chi connectivity index (χ1n) is 7.38. The van der Waals surface area contributed by atoms with E-state index < -0.39 is 13.0 Å². The lowest BCUT2D eigenvalue weighted by Gasteiger charge is -2.44. The summed E-state index contributed by atoms with van der Waals surface area (Å²) < 4.78 is 29.3. The highest BCUT2D eigenvalue weighted by Gasteiger charge is 2.32. The summed E-state index contributed by atoms with van der Waals surface area (Å²) in [7, 11) is 0. The van der Waals surface area contributed by atoms with Crippen LogP contribution in [0.1, 0.15) is 25.5 Å². The molecule has 1 aliphatic heterocycles. The lowest BCUT2D eigenvalue weighted by atomic mass is 9.95. The molecular formula is C16H24F2N2O. The Kier molecular flexibility index (Phi) is 5.67. The number of rotatable bonds is 6. The molecule has 1 aromatic carbocycles. The number of alkyl halides is 2. The molecule has 0 aliphatic carbocycles. The molecule has 0 bridgehead atoms. The number of hydrogen-bond acceptors (Lipinski definition) is 3. The smallest absolute Gasteiger partial charge is 0.261 e. The minimum Gasteiger partial charge on any atom is -0.374 e. The second-order valence-electron chi connectivity index (χ2n) is 6.13. The lowest BCUT2D eigenvalue weighted by Crippen LogP contribution is -2.58. The van der Waals surface area contributed by atoms with E-state index in [9.17, 15) is 8.78 Å². The quantitative estimate of drug-likeness (QED) is 0.817. The monoisotopic (exact) mass is 298 g/mol. The van der Waals surface area contributed by atoms with Gasteiger partial charge in [0.25, 0.3) is 6.43 Å². The van der Waals surface area contributed by atoms with Crippen molar-refractivity contribution in [2.45, 2.75) is 31.9 Å². The number of ether oxygens (including phenoxy) is 1. The van der Waals surface area contributed by atoms with Gasteiger partial charge in [-0.05, 0) is 19.4 Å². The van der Waals surface area contributed by atoms with E-state index in [1.807, 2.05) is 18.2 Å². The largest absolute Gasteiger partial charge is 0.374 e. The van der Waals surface area contributed by atoms with Gasteiger partial charge < -0.3 is 10.1 Å². The molecule has 118 valence electrons. The van der Waals surface area contributed by atoms with Crippen molar-refractivity contribution >= 4 is 0 Å². The summed E-state index contributed by atoms with van der Waals surface area (Å²) in [5.41, 5.74) is 1.27. The predicted molar refractivity (Wildman–Crippen MR) is 79.7 cm³/mol.